The zero-order valence-electron chi connectivity index (χ0n) is 19.7. The van der Waals surface area contributed by atoms with Gasteiger partial charge in [0.25, 0.3) is 5.56 Å². The van der Waals surface area contributed by atoms with Crippen LogP contribution in [0.25, 0.3) is 20.4 Å². The SMILES string of the molecule is Cc1sc2nc(CSc3nc(CN4CCCCC4)nc4sc5c(c34)CCCC5)[nH]c(=O)c2c1C. The summed E-state index contributed by atoms with van der Waals surface area (Å²) in [4.78, 5) is 37.8. The number of likely N-dealkylation sites (tertiary alicyclic amines) is 1. The molecule has 1 N–H and O–H groups in total. The first-order valence-corrected chi connectivity index (χ1v) is 14.8. The van der Waals surface area contributed by atoms with E-state index in [1.165, 1.54) is 47.9 Å². The highest BCUT2D eigenvalue weighted by molar-refractivity contribution is 7.98. The predicted octanol–water partition coefficient (Wildman–Crippen LogP) is 5.76. The summed E-state index contributed by atoms with van der Waals surface area (Å²) in [5, 5.41) is 3.03. The Hall–Kier alpha value is -1.81. The molecule has 0 saturated carbocycles. The number of nitrogens with zero attached hydrogens (tertiary/aromatic N) is 4. The van der Waals surface area contributed by atoms with Crippen LogP contribution in [0.2, 0.25) is 0 Å². The first-order valence-electron chi connectivity index (χ1n) is 12.2. The number of rotatable bonds is 5. The minimum absolute atomic E-state index is 0.0333. The molecule has 1 saturated heterocycles. The highest BCUT2D eigenvalue weighted by Crippen LogP contribution is 2.40. The van der Waals surface area contributed by atoms with Crippen LogP contribution >= 0.6 is 34.4 Å². The first kappa shape index (κ1) is 22.6. The summed E-state index contributed by atoms with van der Waals surface area (Å²) in [6.07, 6.45) is 8.63. The fourth-order valence-electron chi connectivity index (χ4n) is 5.16. The highest BCUT2D eigenvalue weighted by atomic mass is 32.2. The molecule has 4 aromatic rings. The summed E-state index contributed by atoms with van der Waals surface area (Å²) in [6.45, 7) is 7.14. The molecule has 0 aromatic carbocycles. The van der Waals surface area contributed by atoms with Crippen molar-refractivity contribution in [2.45, 2.75) is 76.1 Å². The van der Waals surface area contributed by atoms with Crippen LogP contribution in [0.15, 0.2) is 9.82 Å². The normalized spacial score (nSPS) is 17.0. The van der Waals surface area contributed by atoms with Crippen molar-refractivity contribution in [3.8, 4) is 0 Å². The number of piperidine rings is 1. The quantitative estimate of drug-likeness (QED) is 0.271. The van der Waals surface area contributed by atoms with Gasteiger partial charge in [0.2, 0.25) is 0 Å². The van der Waals surface area contributed by atoms with Crippen LogP contribution in [0.3, 0.4) is 0 Å². The number of thiophene rings is 2. The first-order chi connectivity index (χ1) is 16.6. The fourth-order valence-corrected chi connectivity index (χ4v) is 8.50. The lowest BCUT2D eigenvalue weighted by Gasteiger charge is -2.25. The number of hydrogen-bond donors (Lipinski definition) is 1. The molecular weight excluding hydrogens is 483 g/mol. The van der Waals surface area contributed by atoms with Gasteiger partial charge < -0.3 is 4.98 Å². The number of hydrogen-bond acceptors (Lipinski definition) is 8. The van der Waals surface area contributed by atoms with Gasteiger partial charge in [0, 0.05) is 15.1 Å². The van der Waals surface area contributed by atoms with Crippen molar-refractivity contribution in [1.29, 1.82) is 0 Å². The van der Waals surface area contributed by atoms with E-state index < -0.39 is 0 Å². The van der Waals surface area contributed by atoms with Crippen molar-refractivity contribution in [2.75, 3.05) is 13.1 Å². The summed E-state index contributed by atoms with van der Waals surface area (Å²) in [6, 6.07) is 0. The van der Waals surface area contributed by atoms with Crippen LogP contribution in [0, 0.1) is 13.8 Å². The van der Waals surface area contributed by atoms with Gasteiger partial charge in [0.1, 0.15) is 26.3 Å². The third-order valence-corrected chi connectivity index (χ3v) is 10.3. The van der Waals surface area contributed by atoms with Crippen LogP contribution in [0.5, 0.6) is 0 Å². The molecule has 0 unspecified atom stereocenters. The number of nitrogens with one attached hydrogen (secondary N) is 1. The van der Waals surface area contributed by atoms with E-state index in [4.69, 9.17) is 15.0 Å². The molecule has 1 aliphatic carbocycles. The number of aromatic amines is 1. The van der Waals surface area contributed by atoms with E-state index >= 15 is 0 Å². The molecule has 0 bridgehead atoms. The van der Waals surface area contributed by atoms with Crippen molar-refractivity contribution < 1.29 is 0 Å². The van der Waals surface area contributed by atoms with Gasteiger partial charge in [0.15, 0.2) is 0 Å². The van der Waals surface area contributed by atoms with Crippen molar-refractivity contribution in [3.05, 3.63) is 42.9 Å². The van der Waals surface area contributed by atoms with Crippen LogP contribution in [0.4, 0.5) is 0 Å². The average Bonchev–Trinajstić information content (AvgIpc) is 3.35. The molecule has 4 aromatic heterocycles. The van der Waals surface area contributed by atoms with Crippen LogP contribution < -0.4 is 5.56 Å². The Morgan fingerprint density at radius 2 is 1.74 bits per heavy atom. The number of thioether (sulfide) groups is 1. The molecule has 0 radical (unpaired) electrons. The summed E-state index contributed by atoms with van der Waals surface area (Å²) in [5.41, 5.74) is 2.46. The number of aryl methyl sites for hydroxylation is 4. The van der Waals surface area contributed by atoms with Crippen molar-refractivity contribution >= 4 is 54.9 Å². The zero-order chi connectivity index (χ0) is 23.2. The van der Waals surface area contributed by atoms with Gasteiger partial charge in [-0.05, 0) is 76.6 Å². The summed E-state index contributed by atoms with van der Waals surface area (Å²) in [7, 11) is 0. The Kier molecular flexibility index (Phi) is 6.22. The van der Waals surface area contributed by atoms with Gasteiger partial charge >= 0.3 is 0 Å². The van der Waals surface area contributed by atoms with Gasteiger partial charge in [-0.3, -0.25) is 9.69 Å². The van der Waals surface area contributed by atoms with Gasteiger partial charge in [-0.2, -0.15) is 0 Å². The number of H-pyrrole nitrogens is 1. The second-order valence-corrected chi connectivity index (χ2v) is 12.7. The molecule has 5 heterocycles. The van der Waals surface area contributed by atoms with Crippen LogP contribution in [0.1, 0.15) is 64.6 Å². The maximum absolute atomic E-state index is 12.8. The minimum Gasteiger partial charge on any atom is -0.309 e. The monoisotopic (exact) mass is 511 g/mol. The molecule has 9 heteroatoms. The van der Waals surface area contributed by atoms with E-state index in [1.54, 1.807) is 23.1 Å². The highest BCUT2D eigenvalue weighted by Gasteiger charge is 2.23. The predicted molar refractivity (Wildman–Crippen MR) is 142 cm³/mol. The lowest BCUT2D eigenvalue weighted by molar-refractivity contribution is 0.216. The lowest BCUT2D eigenvalue weighted by Crippen LogP contribution is -2.29. The van der Waals surface area contributed by atoms with E-state index in [1.807, 2.05) is 18.3 Å². The molecule has 1 aliphatic heterocycles. The van der Waals surface area contributed by atoms with E-state index in [9.17, 15) is 4.79 Å². The summed E-state index contributed by atoms with van der Waals surface area (Å²) in [5.74, 6) is 2.25. The topological polar surface area (TPSA) is 74.8 Å². The van der Waals surface area contributed by atoms with Crippen molar-refractivity contribution in [1.82, 2.24) is 24.8 Å². The van der Waals surface area contributed by atoms with E-state index in [-0.39, 0.29) is 5.56 Å². The standard InChI is InChI=1S/C25H29N5OS3/c1-14-15(2)33-24-20(14)22(31)26-19(29-24)13-32-23-21-16-8-4-5-9-17(16)34-25(21)28-18(27-23)12-30-10-6-3-7-11-30/h3-13H2,1-2H3,(H,26,29,31). The van der Waals surface area contributed by atoms with Crippen molar-refractivity contribution in [2.24, 2.45) is 0 Å². The Bertz CT molecular complexity index is 1430. The molecule has 6 rings (SSSR count). The third kappa shape index (κ3) is 4.21. The largest absolute Gasteiger partial charge is 0.309 e. The second kappa shape index (κ2) is 9.33. The number of aromatic nitrogens is 4. The average molecular weight is 512 g/mol. The lowest BCUT2D eigenvalue weighted by atomic mass is 9.97. The summed E-state index contributed by atoms with van der Waals surface area (Å²) < 4.78 is 0. The molecule has 0 amide bonds. The smallest absolute Gasteiger partial charge is 0.259 e. The third-order valence-electron chi connectivity index (χ3n) is 7.08. The van der Waals surface area contributed by atoms with Crippen LogP contribution in [-0.4, -0.2) is 37.9 Å². The minimum atomic E-state index is -0.0333. The van der Waals surface area contributed by atoms with Gasteiger partial charge in [-0.15, -0.1) is 22.7 Å². The Morgan fingerprint density at radius 3 is 2.59 bits per heavy atom. The Morgan fingerprint density at radius 1 is 0.941 bits per heavy atom. The van der Waals surface area contributed by atoms with E-state index in [0.29, 0.717) is 5.75 Å². The number of fused-ring (bicyclic) bond motifs is 4. The molecule has 6 nitrogen and oxygen atoms in total. The molecule has 2 aliphatic rings. The summed E-state index contributed by atoms with van der Waals surface area (Å²) >= 11 is 5.16. The van der Waals surface area contributed by atoms with E-state index in [2.05, 4.69) is 16.8 Å². The molecule has 1 fully saturated rings. The second-order valence-electron chi connectivity index (χ2n) is 9.44. The molecular formula is C25H29N5OS3. The van der Waals surface area contributed by atoms with Crippen LogP contribution in [-0.2, 0) is 25.1 Å². The van der Waals surface area contributed by atoms with Crippen molar-refractivity contribution in [3.63, 3.8) is 0 Å². The molecule has 178 valence electrons. The fraction of sp³-hybridized carbons (Fsp3) is 0.520. The Balaban J connectivity index is 1.35. The van der Waals surface area contributed by atoms with Gasteiger partial charge in [-0.1, -0.05) is 18.2 Å². The molecule has 0 atom stereocenters. The zero-order valence-corrected chi connectivity index (χ0v) is 22.1. The molecule has 0 spiro atoms. The maximum atomic E-state index is 12.8. The molecule has 34 heavy (non-hydrogen) atoms. The maximum Gasteiger partial charge on any atom is 0.259 e. The van der Waals surface area contributed by atoms with E-state index in [0.717, 1.165) is 74.6 Å². The van der Waals surface area contributed by atoms with Gasteiger partial charge in [0.05, 0.1) is 17.7 Å². The van der Waals surface area contributed by atoms with Gasteiger partial charge in [-0.25, -0.2) is 15.0 Å². The Labute approximate surface area is 211 Å².